The maximum absolute atomic E-state index is 13.2. The molecule has 3 aromatic rings. The van der Waals surface area contributed by atoms with E-state index in [0.717, 1.165) is 6.07 Å². The van der Waals surface area contributed by atoms with E-state index >= 15 is 0 Å². The number of hydrogen-bond acceptors (Lipinski definition) is 5. The molecule has 1 amide bonds. The van der Waals surface area contributed by atoms with Crippen molar-refractivity contribution in [1.82, 2.24) is 5.32 Å². The Hall–Kier alpha value is -3.48. The van der Waals surface area contributed by atoms with E-state index in [0.29, 0.717) is 10.9 Å². The second kappa shape index (κ2) is 7.82. The highest BCUT2D eigenvalue weighted by Gasteiger charge is 2.21. The Morgan fingerprint density at radius 2 is 1.85 bits per heavy atom. The Morgan fingerprint density at radius 1 is 1.15 bits per heavy atom. The number of carbonyl (C=O) groups excluding carboxylic acids is 2. The zero-order valence-corrected chi connectivity index (χ0v) is 14.4. The zero-order chi connectivity index (χ0) is 19.4. The molecule has 7 heteroatoms. The number of amides is 1. The third kappa shape index (κ3) is 4.20. The summed E-state index contributed by atoms with van der Waals surface area (Å²) in [6, 6.07) is 12.2. The number of para-hydroxylation sites is 1. The molecule has 0 saturated carbocycles. The minimum atomic E-state index is -0.776. The molecule has 2 aromatic carbocycles. The number of esters is 1. The predicted molar refractivity (Wildman–Crippen MR) is 95.7 cm³/mol. The monoisotopic (exact) mass is 369 g/mol. The third-order valence-electron chi connectivity index (χ3n) is 4.03. The normalized spacial score (nSPS) is 11.8. The summed E-state index contributed by atoms with van der Waals surface area (Å²) in [5.74, 6) is -1.85. The summed E-state index contributed by atoms with van der Waals surface area (Å²) in [5, 5.41) is 2.99. The molecule has 0 spiro atoms. The van der Waals surface area contributed by atoms with Crippen molar-refractivity contribution in [3.05, 3.63) is 82.0 Å². The number of fused-ring (bicyclic) bond motifs is 1. The van der Waals surface area contributed by atoms with E-state index in [2.05, 4.69) is 10.1 Å². The summed E-state index contributed by atoms with van der Waals surface area (Å²) in [4.78, 5) is 36.4. The predicted octanol–water partition coefficient (Wildman–Crippen LogP) is 2.97. The molecule has 0 radical (unpaired) electrons. The first kappa shape index (κ1) is 18.3. The van der Waals surface area contributed by atoms with Gasteiger partial charge in [-0.05, 0) is 29.8 Å². The van der Waals surface area contributed by atoms with Crippen LogP contribution in [0.3, 0.4) is 0 Å². The van der Waals surface area contributed by atoms with Crippen LogP contribution in [0.2, 0.25) is 0 Å². The molecule has 3 rings (SSSR count). The summed E-state index contributed by atoms with van der Waals surface area (Å²) >= 11 is 0. The number of benzene rings is 2. The topological polar surface area (TPSA) is 85.6 Å². The Kier molecular flexibility index (Phi) is 5.30. The summed E-state index contributed by atoms with van der Waals surface area (Å²) in [7, 11) is 1.23. The van der Waals surface area contributed by atoms with Gasteiger partial charge in [-0.25, -0.2) is 4.39 Å². The van der Waals surface area contributed by atoms with Gasteiger partial charge in [-0.2, -0.15) is 0 Å². The fourth-order valence-corrected chi connectivity index (χ4v) is 2.64. The van der Waals surface area contributed by atoms with Gasteiger partial charge in [-0.1, -0.05) is 24.3 Å². The van der Waals surface area contributed by atoms with Gasteiger partial charge in [0.15, 0.2) is 11.2 Å². The van der Waals surface area contributed by atoms with Crippen LogP contribution in [0.25, 0.3) is 11.0 Å². The van der Waals surface area contributed by atoms with Crippen LogP contribution in [-0.4, -0.2) is 19.0 Å². The highest BCUT2D eigenvalue weighted by molar-refractivity contribution is 5.93. The highest BCUT2D eigenvalue weighted by Crippen LogP contribution is 2.19. The molecule has 0 aliphatic rings. The standard InChI is InChI=1S/C20H16FNO5/c1-26-19(24)10-15(12-6-8-13(21)9-7-12)22-20(25)18-11-16(23)14-4-2-3-5-17(14)27-18/h2-9,11,15H,10H2,1H3,(H,22,25)/t15-/m1/s1. The summed E-state index contributed by atoms with van der Waals surface area (Å²) in [5.41, 5.74) is 0.438. The van der Waals surface area contributed by atoms with E-state index in [1.807, 2.05) is 0 Å². The van der Waals surface area contributed by atoms with E-state index in [9.17, 15) is 18.8 Å². The lowest BCUT2D eigenvalue weighted by Crippen LogP contribution is -2.31. The number of ether oxygens (including phenoxy) is 1. The van der Waals surface area contributed by atoms with Gasteiger partial charge in [0.2, 0.25) is 0 Å². The Balaban J connectivity index is 1.90. The van der Waals surface area contributed by atoms with Crippen molar-refractivity contribution >= 4 is 22.8 Å². The first-order chi connectivity index (χ1) is 13.0. The molecule has 0 aliphatic carbocycles. The zero-order valence-electron chi connectivity index (χ0n) is 14.4. The van der Waals surface area contributed by atoms with E-state index in [1.54, 1.807) is 24.3 Å². The van der Waals surface area contributed by atoms with Crippen LogP contribution < -0.4 is 10.7 Å². The lowest BCUT2D eigenvalue weighted by Gasteiger charge is -2.18. The quantitative estimate of drug-likeness (QED) is 0.699. The van der Waals surface area contributed by atoms with Crippen molar-refractivity contribution in [2.24, 2.45) is 0 Å². The van der Waals surface area contributed by atoms with Crippen molar-refractivity contribution < 1.29 is 23.1 Å². The molecule has 0 aliphatic heterocycles. The van der Waals surface area contributed by atoms with E-state index < -0.39 is 23.7 Å². The summed E-state index contributed by atoms with van der Waals surface area (Å²) in [6.07, 6.45) is -0.161. The van der Waals surface area contributed by atoms with Gasteiger partial charge in [-0.15, -0.1) is 0 Å². The fourth-order valence-electron chi connectivity index (χ4n) is 2.64. The van der Waals surface area contributed by atoms with Crippen molar-refractivity contribution in [3.8, 4) is 0 Å². The molecule has 1 aromatic heterocycles. The van der Waals surface area contributed by atoms with Crippen molar-refractivity contribution in [2.75, 3.05) is 7.11 Å². The molecule has 0 unspecified atom stereocenters. The van der Waals surface area contributed by atoms with Gasteiger partial charge in [0.25, 0.3) is 5.91 Å². The maximum Gasteiger partial charge on any atom is 0.307 e. The molecular formula is C20H16FNO5. The van der Waals surface area contributed by atoms with Crippen LogP contribution in [0, 0.1) is 5.82 Å². The number of hydrogen-bond donors (Lipinski definition) is 1. The number of nitrogens with one attached hydrogen (secondary N) is 1. The maximum atomic E-state index is 13.2. The van der Waals surface area contributed by atoms with E-state index in [-0.39, 0.29) is 23.2 Å². The first-order valence-electron chi connectivity index (χ1n) is 8.14. The van der Waals surface area contributed by atoms with Gasteiger partial charge in [0, 0.05) is 6.07 Å². The largest absolute Gasteiger partial charge is 0.469 e. The Bertz CT molecular complexity index is 1040. The van der Waals surface area contributed by atoms with Crippen molar-refractivity contribution in [1.29, 1.82) is 0 Å². The van der Waals surface area contributed by atoms with Crippen molar-refractivity contribution in [3.63, 3.8) is 0 Å². The molecule has 0 saturated heterocycles. The number of methoxy groups -OCH3 is 1. The minimum absolute atomic E-state index is 0.161. The molecule has 0 bridgehead atoms. The van der Waals surface area contributed by atoms with Gasteiger partial charge < -0.3 is 14.5 Å². The van der Waals surface area contributed by atoms with E-state index in [4.69, 9.17) is 4.42 Å². The lowest BCUT2D eigenvalue weighted by molar-refractivity contribution is -0.141. The number of carbonyl (C=O) groups is 2. The molecule has 27 heavy (non-hydrogen) atoms. The number of rotatable bonds is 5. The average molecular weight is 369 g/mol. The SMILES string of the molecule is COC(=O)C[C@@H](NC(=O)c1cc(=O)c2ccccc2o1)c1ccc(F)cc1. The first-order valence-corrected chi connectivity index (χ1v) is 8.14. The molecule has 1 heterocycles. The van der Waals surface area contributed by atoms with Gasteiger partial charge in [0.05, 0.1) is 25.0 Å². The molecule has 6 nitrogen and oxygen atoms in total. The molecule has 138 valence electrons. The Morgan fingerprint density at radius 3 is 2.56 bits per heavy atom. The van der Waals surface area contributed by atoms with Crippen LogP contribution in [0.15, 0.2) is 63.8 Å². The highest BCUT2D eigenvalue weighted by atomic mass is 19.1. The fraction of sp³-hybridized carbons (Fsp3) is 0.150. The van der Waals surface area contributed by atoms with Crippen LogP contribution in [0.4, 0.5) is 4.39 Å². The molecule has 0 fully saturated rings. The molecule has 1 atom stereocenters. The van der Waals surface area contributed by atoms with Gasteiger partial charge in [-0.3, -0.25) is 14.4 Å². The Labute approximate surface area is 153 Å². The van der Waals surface area contributed by atoms with Crippen molar-refractivity contribution in [2.45, 2.75) is 12.5 Å². The summed E-state index contributed by atoms with van der Waals surface area (Å²) in [6.45, 7) is 0. The van der Waals surface area contributed by atoms with Crippen LogP contribution in [-0.2, 0) is 9.53 Å². The summed E-state index contributed by atoms with van der Waals surface area (Å²) < 4.78 is 23.3. The molecular weight excluding hydrogens is 353 g/mol. The lowest BCUT2D eigenvalue weighted by atomic mass is 10.0. The van der Waals surface area contributed by atoms with Crippen LogP contribution in [0.5, 0.6) is 0 Å². The minimum Gasteiger partial charge on any atom is -0.469 e. The third-order valence-corrected chi connectivity index (χ3v) is 4.03. The second-order valence-corrected chi connectivity index (χ2v) is 5.83. The molecule has 1 N–H and O–H groups in total. The van der Waals surface area contributed by atoms with Gasteiger partial charge in [0.1, 0.15) is 11.4 Å². The van der Waals surface area contributed by atoms with Crippen LogP contribution >= 0.6 is 0 Å². The van der Waals surface area contributed by atoms with E-state index in [1.165, 1.54) is 31.4 Å². The second-order valence-electron chi connectivity index (χ2n) is 5.83. The number of halogens is 1. The average Bonchev–Trinajstić information content (AvgIpc) is 2.67. The van der Waals surface area contributed by atoms with Gasteiger partial charge >= 0.3 is 5.97 Å². The smallest absolute Gasteiger partial charge is 0.307 e. The van der Waals surface area contributed by atoms with Crippen LogP contribution in [0.1, 0.15) is 28.6 Å².